The third-order valence-corrected chi connectivity index (χ3v) is 3.52. The summed E-state index contributed by atoms with van der Waals surface area (Å²) in [7, 11) is 4.72. The first kappa shape index (κ1) is 15.7. The molecular formula is C15H20N4O3. The van der Waals surface area contributed by atoms with Gasteiger partial charge < -0.3 is 25.7 Å². The monoisotopic (exact) mass is 304 g/mol. The Balaban J connectivity index is 2.51. The Morgan fingerprint density at radius 1 is 1.00 bits per heavy atom. The minimum Gasteiger partial charge on any atom is -0.493 e. The van der Waals surface area contributed by atoms with Crippen molar-refractivity contribution >= 4 is 11.8 Å². The van der Waals surface area contributed by atoms with Crippen molar-refractivity contribution in [3.8, 4) is 17.2 Å². The largest absolute Gasteiger partial charge is 0.493 e. The summed E-state index contributed by atoms with van der Waals surface area (Å²) in [5, 5.41) is 0. The van der Waals surface area contributed by atoms with Gasteiger partial charge in [0.25, 0.3) is 0 Å². The number of methoxy groups -OCH3 is 3. The van der Waals surface area contributed by atoms with E-state index in [0.717, 1.165) is 11.1 Å². The van der Waals surface area contributed by atoms with E-state index < -0.39 is 0 Å². The normalized spacial score (nSPS) is 11.8. The minimum absolute atomic E-state index is 0.0608. The fourth-order valence-corrected chi connectivity index (χ4v) is 2.28. The maximum Gasteiger partial charge on any atom is 0.221 e. The van der Waals surface area contributed by atoms with E-state index in [4.69, 9.17) is 25.7 Å². The quantitative estimate of drug-likeness (QED) is 0.867. The Bertz CT molecular complexity index is 651. The van der Waals surface area contributed by atoms with Gasteiger partial charge in [0, 0.05) is 17.7 Å². The van der Waals surface area contributed by atoms with Gasteiger partial charge in [-0.15, -0.1) is 0 Å². The third kappa shape index (κ3) is 2.83. The highest BCUT2D eigenvalue weighted by atomic mass is 16.5. The number of rotatable bonds is 5. The highest BCUT2D eigenvalue weighted by Gasteiger charge is 2.19. The van der Waals surface area contributed by atoms with Crippen LogP contribution in [0.2, 0.25) is 0 Å². The fraction of sp³-hybridized carbons (Fsp3) is 0.333. The van der Waals surface area contributed by atoms with Crippen LogP contribution >= 0.6 is 0 Å². The zero-order valence-electron chi connectivity index (χ0n) is 13.1. The van der Waals surface area contributed by atoms with Gasteiger partial charge >= 0.3 is 0 Å². The van der Waals surface area contributed by atoms with Gasteiger partial charge in [0.1, 0.15) is 5.82 Å². The van der Waals surface area contributed by atoms with Gasteiger partial charge in [-0.2, -0.15) is 4.98 Å². The van der Waals surface area contributed by atoms with Crippen LogP contribution in [0, 0.1) is 0 Å². The molecule has 0 aliphatic carbocycles. The summed E-state index contributed by atoms with van der Waals surface area (Å²) in [4.78, 5) is 8.00. The molecule has 22 heavy (non-hydrogen) atoms. The van der Waals surface area contributed by atoms with E-state index in [1.54, 1.807) is 27.5 Å². The molecule has 118 valence electrons. The predicted octanol–water partition coefficient (Wildman–Crippen LogP) is 1.82. The summed E-state index contributed by atoms with van der Waals surface area (Å²) in [6.07, 6.45) is 1.63. The number of nitrogens with two attached hydrogens (primary N) is 2. The Kier molecular flexibility index (Phi) is 4.55. The molecule has 0 spiro atoms. The second-order valence-electron chi connectivity index (χ2n) is 4.75. The van der Waals surface area contributed by atoms with E-state index in [1.807, 2.05) is 19.1 Å². The molecule has 0 amide bonds. The second-order valence-corrected chi connectivity index (χ2v) is 4.75. The van der Waals surface area contributed by atoms with Crippen LogP contribution in [0.5, 0.6) is 17.2 Å². The molecule has 0 fully saturated rings. The van der Waals surface area contributed by atoms with Crippen LogP contribution in [-0.2, 0) is 0 Å². The molecule has 4 N–H and O–H groups in total. The highest BCUT2D eigenvalue weighted by molar-refractivity contribution is 5.57. The number of anilines is 2. The van der Waals surface area contributed by atoms with Crippen LogP contribution in [0.4, 0.5) is 11.8 Å². The summed E-state index contributed by atoms with van der Waals surface area (Å²) in [5.74, 6) is 2.15. The maximum absolute atomic E-state index is 5.94. The van der Waals surface area contributed by atoms with E-state index in [9.17, 15) is 0 Å². The summed E-state index contributed by atoms with van der Waals surface area (Å²) < 4.78 is 16.1. The molecule has 0 saturated heterocycles. The van der Waals surface area contributed by atoms with Gasteiger partial charge in [0.05, 0.1) is 21.3 Å². The molecule has 1 aromatic carbocycles. The summed E-state index contributed by atoms with van der Waals surface area (Å²) in [6.45, 7) is 1.99. The molecule has 0 radical (unpaired) electrons. The standard InChI is InChI=1S/C15H20N4O3/c1-8(10-7-18-15(17)19-14(10)16)9-5-11(20-2)13(22-4)12(6-9)21-3/h5-8H,1-4H3,(H4,16,17,18,19). The topological polar surface area (TPSA) is 106 Å². The summed E-state index contributed by atoms with van der Waals surface area (Å²) in [5.41, 5.74) is 13.2. The van der Waals surface area contributed by atoms with E-state index in [0.29, 0.717) is 23.1 Å². The van der Waals surface area contributed by atoms with Crippen LogP contribution in [0.1, 0.15) is 24.0 Å². The van der Waals surface area contributed by atoms with Gasteiger partial charge in [-0.05, 0) is 17.7 Å². The van der Waals surface area contributed by atoms with Gasteiger partial charge in [-0.3, -0.25) is 0 Å². The zero-order valence-corrected chi connectivity index (χ0v) is 13.1. The van der Waals surface area contributed by atoms with E-state index in [1.165, 1.54) is 0 Å². The van der Waals surface area contributed by atoms with Crippen LogP contribution in [-0.4, -0.2) is 31.3 Å². The van der Waals surface area contributed by atoms with Crippen molar-refractivity contribution in [3.63, 3.8) is 0 Å². The van der Waals surface area contributed by atoms with Crippen molar-refractivity contribution in [1.29, 1.82) is 0 Å². The first-order chi connectivity index (χ1) is 10.5. The number of ether oxygens (including phenoxy) is 3. The smallest absolute Gasteiger partial charge is 0.221 e. The van der Waals surface area contributed by atoms with Crippen molar-refractivity contribution in [1.82, 2.24) is 9.97 Å². The Labute approximate surface area is 129 Å². The number of nitrogens with zero attached hydrogens (tertiary/aromatic N) is 2. The van der Waals surface area contributed by atoms with Crippen molar-refractivity contribution in [2.45, 2.75) is 12.8 Å². The van der Waals surface area contributed by atoms with Gasteiger partial charge in [0.15, 0.2) is 11.5 Å². The Hall–Kier alpha value is -2.70. The third-order valence-electron chi connectivity index (χ3n) is 3.52. The highest BCUT2D eigenvalue weighted by Crippen LogP contribution is 2.41. The zero-order chi connectivity index (χ0) is 16.3. The molecule has 2 rings (SSSR count). The first-order valence-electron chi connectivity index (χ1n) is 6.69. The molecule has 1 unspecified atom stereocenters. The average molecular weight is 304 g/mol. The number of hydrogen-bond donors (Lipinski definition) is 2. The fourth-order valence-electron chi connectivity index (χ4n) is 2.28. The Morgan fingerprint density at radius 3 is 2.05 bits per heavy atom. The first-order valence-corrected chi connectivity index (χ1v) is 6.69. The van der Waals surface area contributed by atoms with Crippen molar-refractivity contribution in [3.05, 3.63) is 29.5 Å². The van der Waals surface area contributed by atoms with Gasteiger partial charge in [-0.1, -0.05) is 6.92 Å². The van der Waals surface area contributed by atoms with Crippen LogP contribution < -0.4 is 25.7 Å². The van der Waals surface area contributed by atoms with Crippen LogP contribution in [0.25, 0.3) is 0 Å². The van der Waals surface area contributed by atoms with Crippen LogP contribution in [0.15, 0.2) is 18.3 Å². The average Bonchev–Trinajstić information content (AvgIpc) is 2.52. The summed E-state index contributed by atoms with van der Waals surface area (Å²) in [6, 6.07) is 3.75. The molecular weight excluding hydrogens is 284 g/mol. The number of benzene rings is 1. The predicted molar refractivity (Wildman–Crippen MR) is 84.5 cm³/mol. The van der Waals surface area contributed by atoms with Crippen molar-refractivity contribution < 1.29 is 14.2 Å². The van der Waals surface area contributed by atoms with Crippen molar-refractivity contribution in [2.24, 2.45) is 0 Å². The van der Waals surface area contributed by atoms with Gasteiger partial charge in [0.2, 0.25) is 11.7 Å². The summed E-state index contributed by atoms with van der Waals surface area (Å²) >= 11 is 0. The SMILES string of the molecule is COc1cc(C(C)c2cnc(N)nc2N)cc(OC)c1OC. The lowest BCUT2D eigenvalue weighted by molar-refractivity contribution is 0.323. The van der Waals surface area contributed by atoms with Crippen molar-refractivity contribution in [2.75, 3.05) is 32.8 Å². The molecule has 2 aromatic rings. The molecule has 0 bridgehead atoms. The number of hydrogen-bond acceptors (Lipinski definition) is 7. The van der Waals surface area contributed by atoms with Crippen LogP contribution in [0.3, 0.4) is 0 Å². The van der Waals surface area contributed by atoms with E-state index >= 15 is 0 Å². The minimum atomic E-state index is -0.0608. The Morgan fingerprint density at radius 2 is 1.59 bits per heavy atom. The lowest BCUT2D eigenvalue weighted by Gasteiger charge is -2.18. The molecule has 0 aliphatic heterocycles. The number of aromatic nitrogens is 2. The molecule has 1 atom stereocenters. The number of nitrogen functional groups attached to an aromatic ring is 2. The van der Waals surface area contributed by atoms with Gasteiger partial charge in [-0.25, -0.2) is 4.98 Å². The molecule has 7 nitrogen and oxygen atoms in total. The lowest BCUT2D eigenvalue weighted by atomic mass is 9.94. The second kappa shape index (κ2) is 6.38. The molecule has 0 aliphatic rings. The van der Waals surface area contributed by atoms with E-state index in [-0.39, 0.29) is 11.9 Å². The molecule has 1 heterocycles. The maximum atomic E-state index is 5.94. The lowest BCUT2D eigenvalue weighted by Crippen LogP contribution is -2.07. The molecule has 1 aromatic heterocycles. The van der Waals surface area contributed by atoms with E-state index in [2.05, 4.69) is 9.97 Å². The molecule has 7 heteroatoms. The molecule has 0 saturated carbocycles.